The van der Waals surface area contributed by atoms with Gasteiger partial charge in [0.25, 0.3) is 5.91 Å². The molecule has 0 aliphatic rings. The van der Waals surface area contributed by atoms with Crippen molar-refractivity contribution in [3.63, 3.8) is 0 Å². The number of anilines is 1. The number of phenolic OH excluding ortho intramolecular Hbond substituents is 1. The lowest BCUT2D eigenvalue weighted by Crippen LogP contribution is -2.16. The molecule has 0 fully saturated rings. The molecule has 0 aromatic heterocycles. The fourth-order valence-electron chi connectivity index (χ4n) is 2.67. The van der Waals surface area contributed by atoms with Crippen molar-refractivity contribution in [3.8, 4) is 16.9 Å². The maximum atomic E-state index is 12.7. The molecule has 3 aromatic carbocycles. The quantitative estimate of drug-likeness (QED) is 0.558. The molecule has 0 saturated carbocycles. The molecule has 0 saturated heterocycles. The number of esters is 1. The minimum atomic E-state index is -0.669. The van der Waals surface area contributed by atoms with E-state index in [2.05, 4.69) is 5.32 Å². The van der Waals surface area contributed by atoms with Crippen molar-refractivity contribution in [2.45, 2.75) is 0 Å². The minimum Gasteiger partial charge on any atom is -0.506 e. The lowest BCUT2D eigenvalue weighted by Gasteiger charge is -2.13. The number of amides is 1. The van der Waals surface area contributed by atoms with Crippen LogP contribution in [0.1, 0.15) is 20.7 Å². The predicted molar refractivity (Wildman–Crippen MR) is 109 cm³/mol. The van der Waals surface area contributed by atoms with Crippen molar-refractivity contribution in [3.05, 3.63) is 81.8 Å². The first-order valence-electron chi connectivity index (χ1n) is 8.18. The third-order valence-electron chi connectivity index (χ3n) is 4.05. The Balaban J connectivity index is 2.04. The monoisotopic (exact) mass is 415 g/mol. The maximum absolute atomic E-state index is 12.7. The highest BCUT2D eigenvalue weighted by molar-refractivity contribution is 6.36. The molecule has 0 aliphatic carbocycles. The smallest absolute Gasteiger partial charge is 0.339 e. The second-order valence-electron chi connectivity index (χ2n) is 5.86. The molecule has 0 unspecified atom stereocenters. The van der Waals surface area contributed by atoms with E-state index in [1.165, 1.54) is 19.2 Å². The summed E-state index contributed by atoms with van der Waals surface area (Å²) in [6.07, 6.45) is 0. The Hall–Kier alpha value is -3.02. The van der Waals surface area contributed by atoms with Gasteiger partial charge in [-0.2, -0.15) is 0 Å². The number of methoxy groups -OCH3 is 1. The van der Waals surface area contributed by atoms with Crippen molar-refractivity contribution in [2.75, 3.05) is 12.4 Å². The number of carbonyl (C=O) groups is 2. The summed E-state index contributed by atoms with van der Waals surface area (Å²) in [4.78, 5) is 24.8. The van der Waals surface area contributed by atoms with Crippen LogP contribution in [0, 0.1) is 0 Å². The van der Waals surface area contributed by atoms with Crippen LogP contribution in [0.25, 0.3) is 11.1 Å². The van der Waals surface area contributed by atoms with Crippen LogP contribution in [0.15, 0.2) is 60.7 Å². The van der Waals surface area contributed by atoms with Crippen LogP contribution >= 0.6 is 23.2 Å². The van der Waals surface area contributed by atoms with E-state index in [1.54, 1.807) is 18.2 Å². The minimum absolute atomic E-state index is 0.0520. The van der Waals surface area contributed by atoms with Crippen LogP contribution in [0.3, 0.4) is 0 Å². The zero-order chi connectivity index (χ0) is 20.3. The molecule has 0 bridgehead atoms. The van der Waals surface area contributed by atoms with Gasteiger partial charge in [0.1, 0.15) is 5.75 Å². The molecular formula is C21H15Cl2NO4. The highest BCUT2D eigenvalue weighted by atomic mass is 35.5. The summed E-state index contributed by atoms with van der Waals surface area (Å²) < 4.78 is 4.79. The summed E-state index contributed by atoms with van der Waals surface area (Å²) in [5.41, 5.74) is 1.98. The highest BCUT2D eigenvalue weighted by Crippen LogP contribution is 2.32. The third-order valence-corrected chi connectivity index (χ3v) is 4.56. The number of phenols is 1. The first-order chi connectivity index (χ1) is 13.4. The molecule has 28 heavy (non-hydrogen) atoms. The van der Waals surface area contributed by atoms with Gasteiger partial charge in [-0.15, -0.1) is 0 Å². The Morgan fingerprint density at radius 2 is 1.64 bits per heavy atom. The molecule has 1 amide bonds. The van der Waals surface area contributed by atoms with Gasteiger partial charge in [0.2, 0.25) is 0 Å². The SMILES string of the molecule is COC(=O)c1ccc(-c2ccccc2)cc1NC(=O)c1cc(Cl)cc(Cl)c1O. The summed E-state index contributed by atoms with van der Waals surface area (Å²) in [6, 6.07) is 17.1. The summed E-state index contributed by atoms with van der Waals surface area (Å²) in [5.74, 6) is -1.68. The Labute approximate surface area is 171 Å². The van der Waals surface area contributed by atoms with E-state index in [0.29, 0.717) is 0 Å². The average molecular weight is 416 g/mol. The molecular weight excluding hydrogens is 401 g/mol. The summed E-state index contributed by atoms with van der Waals surface area (Å²) in [5, 5.41) is 12.9. The van der Waals surface area contributed by atoms with Crippen LogP contribution < -0.4 is 5.32 Å². The largest absolute Gasteiger partial charge is 0.506 e. The normalized spacial score (nSPS) is 10.4. The van der Waals surface area contributed by atoms with Gasteiger partial charge in [0.05, 0.1) is 28.9 Å². The number of rotatable bonds is 4. The zero-order valence-electron chi connectivity index (χ0n) is 14.7. The number of ether oxygens (including phenoxy) is 1. The van der Waals surface area contributed by atoms with Gasteiger partial charge >= 0.3 is 5.97 Å². The maximum Gasteiger partial charge on any atom is 0.339 e. The fourth-order valence-corrected chi connectivity index (χ4v) is 3.17. The Bertz CT molecular complexity index is 1050. The zero-order valence-corrected chi connectivity index (χ0v) is 16.2. The van der Waals surface area contributed by atoms with Crippen LogP contribution in [-0.4, -0.2) is 24.1 Å². The van der Waals surface area contributed by atoms with E-state index < -0.39 is 17.6 Å². The molecule has 2 N–H and O–H groups in total. The number of carbonyl (C=O) groups excluding carboxylic acids is 2. The van der Waals surface area contributed by atoms with Crippen LogP contribution in [-0.2, 0) is 4.74 Å². The van der Waals surface area contributed by atoms with Gasteiger partial charge in [-0.05, 0) is 35.4 Å². The number of hydrogen-bond acceptors (Lipinski definition) is 4. The standard InChI is InChI=1S/C21H15Cl2NO4/c1-28-21(27)15-8-7-13(12-5-3-2-4-6-12)9-18(15)24-20(26)16-10-14(22)11-17(23)19(16)25/h2-11,25H,1H3,(H,24,26). The number of nitrogens with one attached hydrogen (secondary N) is 1. The van der Waals surface area contributed by atoms with Crippen LogP contribution in [0.2, 0.25) is 10.0 Å². The van der Waals surface area contributed by atoms with Crippen molar-refractivity contribution >= 4 is 40.8 Å². The van der Waals surface area contributed by atoms with Crippen molar-refractivity contribution < 1.29 is 19.4 Å². The second-order valence-corrected chi connectivity index (χ2v) is 6.70. The lowest BCUT2D eigenvalue weighted by atomic mass is 10.0. The molecule has 0 aliphatic heterocycles. The van der Waals surface area contributed by atoms with Crippen molar-refractivity contribution in [1.29, 1.82) is 0 Å². The van der Waals surface area contributed by atoms with Crippen LogP contribution in [0.5, 0.6) is 5.75 Å². The number of hydrogen-bond donors (Lipinski definition) is 2. The number of halogens is 2. The molecule has 142 valence electrons. The van der Waals surface area contributed by atoms with E-state index in [9.17, 15) is 14.7 Å². The molecule has 0 spiro atoms. The lowest BCUT2D eigenvalue weighted by molar-refractivity contribution is 0.0602. The van der Waals surface area contributed by atoms with E-state index >= 15 is 0 Å². The molecule has 0 radical (unpaired) electrons. The van der Waals surface area contributed by atoms with E-state index in [0.717, 1.165) is 11.1 Å². The van der Waals surface area contributed by atoms with E-state index in [1.807, 2.05) is 30.3 Å². The Morgan fingerprint density at radius 3 is 2.32 bits per heavy atom. The first-order valence-corrected chi connectivity index (χ1v) is 8.93. The predicted octanol–water partition coefficient (Wildman–Crippen LogP) is 5.40. The third kappa shape index (κ3) is 4.11. The van der Waals surface area contributed by atoms with Gasteiger partial charge in [0, 0.05) is 5.02 Å². The highest BCUT2D eigenvalue weighted by Gasteiger charge is 2.19. The summed E-state index contributed by atoms with van der Waals surface area (Å²) in [7, 11) is 1.25. The van der Waals surface area contributed by atoms with Crippen molar-refractivity contribution in [1.82, 2.24) is 0 Å². The molecule has 0 atom stereocenters. The summed E-state index contributed by atoms with van der Waals surface area (Å²) >= 11 is 11.8. The van der Waals surface area contributed by atoms with Gasteiger partial charge in [0.15, 0.2) is 0 Å². The van der Waals surface area contributed by atoms with E-state index in [4.69, 9.17) is 27.9 Å². The van der Waals surface area contributed by atoms with Gasteiger partial charge < -0.3 is 15.2 Å². The molecule has 3 rings (SSSR count). The molecule has 3 aromatic rings. The molecule has 0 heterocycles. The van der Waals surface area contributed by atoms with Gasteiger partial charge in [-0.25, -0.2) is 4.79 Å². The van der Waals surface area contributed by atoms with Gasteiger partial charge in [-0.1, -0.05) is 59.6 Å². The number of aromatic hydroxyl groups is 1. The average Bonchev–Trinajstić information content (AvgIpc) is 2.70. The van der Waals surface area contributed by atoms with Crippen molar-refractivity contribution in [2.24, 2.45) is 0 Å². The second kappa shape index (κ2) is 8.33. The Morgan fingerprint density at radius 1 is 0.929 bits per heavy atom. The van der Waals surface area contributed by atoms with E-state index in [-0.39, 0.29) is 26.9 Å². The topological polar surface area (TPSA) is 75.6 Å². The Kier molecular flexibility index (Phi) is 5.87. The van der Waals surface area contributed by atoms with Gasteiger partial charge in [-0.3, -0.25) is 4.79 Å². The number of benzene rings is 3. The van der Waals surface area contributed by atoms with Crippen LogP contribution in [0.4, 0.5) is 5.69 Å². The molecule has 5 nitrogen and oxygen atoms in total. The fraction of sp³-hybridized carbons (Fsp3) is 0.0476. The first kappa shape index (κ1) is 19.7. The molecule has 7 heteroatoms. The summed E-state index contributed by atoms with van der Waals surface area (Å²) in [6.45, 7) is 0.